The van der Waals surface area contributed by atoms with Crippen molar-refractivity contribution in [2.24, 2.45) is 0 Å². The van der Waals surface area contributed by atoms with E-state index >= 15 is 0 Å². The molecule has 0 saturated heterocycles. The zero-order valence-electron chi connectivity index (χ0n) is 15.6. The molecule has 0 N–H and O–H groups in total. The molecule has 2 aromatic rings. The third-order valence-electron chi connectivity index (χ3n) is 3.85. The summed E-state index contributed by atoms with van der Waals surface area (Å²) in [7, 11) is 5.75. The molecule has 0 unspecified atom stereocenters. The van der Waals surface area contributed by atoms with Gasteiger partial charge in [-0.2, -0.15) is 0 Å². The van der Waals surface area contributed by atoms with E-state index in [1.54, 1.807) is 14.0 Å². The third-order valence-corrected chi connectivity index (χ3v) is 4.75. The van der Waals surface area contributed by atoms with E-state index in [0.717, 1.165) is 30.7 Å². The smallest absolute Gasteiger partial charge is 0.280 e. The molecule has 1 heterocycles. The minimum atomic E-state index is -2.59. The van der Waals surface area contributed by atoms with Gasteiger partial charge in [0, 0.05) is 17.0 Å². The summed E-state index contributed by atoms with van der Waals surface area (Å²) in [5.41, 5.74) is 2.57. The lowest BCUT2D eigenvalue weighted by molar-refractivity contribution is 0.145. The lowest BCUT2D eigenvalue weighted by Crippen LogP contribution is -2.13. The van der Waals surface area contributed by atoms with E-state index in [0.29, 0.717) is 16.6 Å². The number of alkyl halides is 2. The molecular formula is C19H25F2N3OS. The molecule has 142 valence electrons. The summed E-state index contributed by atoms with van der Waals surface area (Å²) in [6, 6.07) is 7.47. The van der Waals surface area contributed by atoms with Gasteiger partial charge in [0.15, 0.2) is 5.16 Å². The summed E-state index contributed by atoms with van der Waals surface area (Å²) in [4.78, 5) is 10.4. The summed E-state index contributed by atoms with van der Waals surface area (Å²) in [5, 5.41) is 0.361. The number of halogens is 2. The molecule has 1 aromatic carbocycles. The van der Waals surface area contributed by atoms with Gasteiger partial charge in [-0.3, -0.25) is 0 Å². The molecule has 1 aromatic heterocycles. The first-order valence-corrected chi connectivity index (χ1v) is 9.44. The highest BCUT2D eigenvalue weighted by atomic mass is 32.2. The Hall–Kier alpha value is -1.73. The van der Waals surface area contributed by atoms with Crippen LogP contribution in [0.4, 0.5) is 8.78 Å². The number of aromatic nitrogens is 2. The molecule has 0 aliphatic carbocycles. The van der Waals surface area contributed by atoms with E-state index in [-0.39, 0.29) is 5.69 Å². The highest BCUT2D eigenvalue weighted by molar-refractivity contribution is 7.98. The van der Waals surface area contributed by atoms with Crippen molar-refractivity contribution in [1.29, 1.82) is 0 Å². The van der Waals surface area contributed by atoms with Crippen LogP contribution in [0.1, 0.15) is 35.4 Å². The maximum absolute atomic E-state index is 12.9. The van der Waals surface area contributed by atoms with Gasteiger partial charge in [-0.1, -0.05) is 23.9 Å². The van der Waals surface area contributed by atoms with Crippen LogP contribution < -0.4 is 4.74 Å². The Labute approximate surface area is 158 Å². The Morgan fingerprint density at radius 1 is 1.19 bits per heavy atom. The average Bonchev–Trinajstić information content (AvgIpc) is 2.59. The van der Waals surface area contributed by atoms with Crippen LogP contribution in [-0.2, 0) is 12.2 Å². The molecule has 0 spiro atoms. The minimum absolute atomic E-state index is 0.232. The lowest BCUT2D eigenvalue weighted by atomic mass is 10.1. The van der Waals surface area contributed by atoms with Crippen LogP contribution in [0, 0.1) is 6.92 Å². The molecule has 0 radical (unpaired) electrons. The number of hydrogen-bond acceptors (Lipinski definition) is 5. The van der Waals surface area contributed by atoms with E-state index in [2.05, 4.69) is 41.1 Å². The van der Waals surface area contributed by atoms with Gasteiger partial charge in [-0.15, -0.1) is 0 Å². The predicted octanol–water partition coefficient (Wildman–Crippen LogP) is 4.52. The predicted molar refractivity (Wildman–Crippen MR) is 101 cm³/mol. The van der Waals surface area contributed by atoms with Gasteiger partial charge in [0.25, 0.3) is 6.43 Å². The standard InChI is InChI=1S/C19H25F2N3OS/c1-13-10-16(18(20)21)23-19(22-13)26-12-15-11-14(6-5-9-24(2)3)7-8-17(15)25-4/h7-8,10-11,18H,5-6,9,12H2,1-4H3. The highest BCUT2D eigenvalue weighted by Crippen LogP contribution is 2.29. The topological polar surface area (TPSA) is 38.2 Å². The zero-order valence-corrected chi connectivity index (χ0v) is 16.4. The normalized spacial score (nSPS) is 11.4. The van der Waals surface area contributed by atoms with Crippen LogP contribution in [0.5, 0.6) is 5.75 Å². The number of thioether (sulfide) groups is 1. The van der Waals surface area contributed by atoms with Crippen LogP contribution in [-0.4, -0.2) is 42.6 Å². The fraction of sp³-hybridized carbons (Fsp3) is 0.474. The van der Waals surface area contributed by atoms with E-state index in [1.165, 1.54) is 23.4 Å². The second-order valence-electron chi connectivity index (χ2n) is 6.36. The minimum Gasteiger partial charge on any atom is -0.496 e. The van der Waals surface area contributed by atoms with Crippen LogP contribution in [0.3, 0.4) is 0 Å². The molecule has 0 aliphatic rings. The second kappa shape index (κ2) is 9.83. The van der Waals surface area contributed by atoms with Gasteiger partial charge in [0.05, 0.1) is 7.11 Å². The first kappa shape index (κ1) is 20.6. The van der Waals surface area contributed by atoms with E-state index in [1.807, 2.05) is 6.07 Å². The summed E-state index contributed by atoms with van der Waals surface area (Å²) in [6.45, 7) is 2.73. The third kappa shape index (κ3) is 6.21. The van der Waals surface area contributed by atoms with Crippen molar-refractivity contribution in [2.45, 2.75) is 37.1 Å². The number of benzene rings is 1. The van der Waals surface area contributed by atoms with Crippen LogP contribution in [0.25, 0.3) is 0 Å². The number of hydrogen-bond donors (Lipinski definition) is 0. The largest absolute Gasteiger partial charge is 0.496 e. The number of nitrogens with zero attached hydrogens (tertiary/aromatic N) is 3. The highest BCUT2D eigenvalue weighted by Gasteiger charge is 2.13. The summed E-state index contributed by atoms with van der Waals surface area (Å²) >= 11 is 1.34. The molecule has 2 rings (SSSR count). The number of aryl methyl sites for hydroxylation is 2. The molecule has 0 aliphatic heterocycles. The molecule has 0 fully saturated rings. The van der Waals surface area contributed by atoms with Gasteiger partial charge >= 0.3 is 0 Å². The molecule has 0 amide bonds. The van der Waals surface area contributed by atoms with Crippen LogP contribution in [0.15, 0.2) is 29.4 Å². The average molecular weight is 381 g/mol. The van der Waals surface area contributed by atoms with E-state index in [4.69, 9.17) is 4.74 Å². The molecule has 4 nitrogen and oxygen atoms in total. The Bertz CT molecular complexity index is 726. The Morgan fingerprint density at radius 2 is 1.96 bits per heavy atom. The fourth-order valence-corrected chi connectivity index (χ4v) is 3.47. The summed E-state index contributed by atoms with van der Waals surface area (Å²) in [5.74, 6) is 1.35. The maximum atomic E-state index is 12.9. The quantitative estimate of drug-likeness (QED) is 0.472. The first-order valence-electron chi connectivity index (χ1n) is 8.46. The first-order chi connectivity index (χ1) is 12.4. The van der Waals surface area contributed by atoms with Crippen LogP contribution in [0.2, 0.25) is 0 Å². The number of methoxy groups -OCH3 is 1. The van der Waals surface area contributed by atoms with E-state index < -0.39 is 6.43 Å². The monoisotopic (exact) mass is 381 g/mol. The van der Waals surface area contributed by atoms with Gasteiger partial charge < -0.3 is 9.64 Å². The number of ether oxygens (including phenoxy) is 1. The van der Waals surface area contributed by atoms with Gasteiger partial charge in [-0.05, 0) is 58.1 Å². The van der Waals surface area contributed by atoms with Gasteiger partial charge in [0.1, 0.15) is 11.4 Å². The molecule has 7 heteroatoms. The van der Waals surface area contributed by atoms with Crippen molar-refractivity contribution >= 4 is 11.8 Å². The SMILES string of the molecule is COc1ccc(CCCN(C)C)cc1CSc1nc(C)cc(C(F)F)n1. The Kier molecular flexibility index (Phi) is 7.78. The molecular weight excluding hydrogens is 356 g/mol. The molecule has 26 heavy (non-hydrogen) atoms. The fourth-order valence-electron chi connectivity index (χ4n) is 2.58. The van der Waals surface area contributed by atoms with Crippen molar-refractivity contribution in [3.8, 4) is 5.75 Å². The summed E-state index contributed by atoms with van der Waals surface area (Å²) < 4.78 is 31.3. The van der Waals surface area contributed by atoms with Crippen molar-refractivity contribution in [3.05, 3.63) is 46.8 Å². The lowest BCUT2D eigenvalue weighted by Gasteiger charge is -2.12. The summed E-state index contributed by atoms with van der Waals surface area (Å²) in [6.07, 6.45) is -0.536. The molecule has 0 bridgehead atoms. The van der Waals surface area contributed by atoms with Crippen molar-refractivity contribution in [2.75, 3.05) is 27.7 Å². The van der Waals surface area contributed by atoms with Gasteiger partial charge in [-0.25, -0.2) is 18.7 Å². The van der Waals surface area contributed by atoms with Crippen molar-refractivity contribution < 1.29 is 13.5 Å². The number of rotatable bonds is 9. The van der Waals surface area contributed by atoms with Crippen LogP contribution >= 0.6 is 11.8 Å². The second-order valence-corrected chi connectivity index (χ2v) is 7.30. The Morgan fingerprint density at radius 3 is 2.62 bits per heavy atom. The van der Waals surface area contributed by atoms with Crippen molar-refractivity contribution in [3.63, 3.8) is 0 Å². The van der Waals surface area contributed by atoms with E-state index in [9.17, 15) is 8.78 Å². The molecule has 0 saturated carbocycles. The van der Waals surface area contributed by atoms with Crippen molar-refractivity contribution in [1.82, 2.24) is 14.9 Å². The zero-order chi connectivity index (χ0) is 19.1. The van der Waals surface area contributed by atoms with Gasteiger partial charge in [0.2, 0.25) is 0 Å². The molecule has 0 atom stereocenters. The Balaban J connectivity index is 2.10. The maximum Gasteiger partial charge on any atom is 0.280 e.